The van der Waals surface area contributed by atoms with E-state index in [4.69, 9.17) is 0 Å². The van der Waals surface area contributed by atoms with Crippen LogP contribution in [-0.4, -0.2) is 41.9 Å². The van der Waals surface area contributed by atoms with Crippen LogP contribution < -0.4 is 25.9 Å². The van der Waals surface area contributed by atoms with E-state index in [-0.39, 0.29) is 35.5 Å². The number of amides is 2. The van der Waals surface area contributed by atoms with Crippen LogP contribution in [0.15, 0.2) is 23.0 Å². The highest BCUT2D eigenvalue weighted by molar-refractivity contribution is 5.96. The summed E-state index contributed by atoms with van der Waals surface area (Å²) in [5.41, 5.74) is -0.404. The van der Waals surface area contributed by atoms with Crippen LogP contribution in [0.2, 0.25) is 0 Å². The highest BCUT2D eigenvalue weighted by Gasteiger charge is 2.46. The average molecular weight is 503 g/mol. The smallest absolute Gasteiger partial charge is 0.450 e. The Balaban J connectivity index is 2.34. The SMILES string of the molecule is CCOC(=O)N[C@@H](C)C(=O)Nc1cc(Cc2c(C)c(C)c(=O)[nH][n+]2OC(=O)C(F)(F)F)ccc1F. The van der Waals surface area contributed by atoms with Crippen LogP contribution in [0.5, 0.6) is 0 Å². The van der Waals surface area contributed by atoms with Gasteiger partial charge in [-0.2, -0.15) is 18.0 Å². The lowest BCUT2D eigenvalue weighted by Gasteiger charge is -2.15. The second kappa shape index (κ2) is 11.0. The molecule has 1 heterocycles. The molecule has 0 radical (unpaired) electrons. The number of carbonyl (C=O) groups excluding carboxylic acids is 3. The lowest BCUT2D eigenvalue weighted by atomic mass is 10.0. The number of hydrogen-bond acceptors (Lipinski definition) is 6. The standard InChI is InChI=1S/C21H22F4N4O6/c1-5-34-20(33)26-12(4)18(31)27-15-8-13(6-7-14(15)22)9-16-10(2)11(3)17(30)28-29(16)35-19(32)21(23,24)25/h6-8,12H,5,9H2,1-4H3,(H2-,26,27,28,30,31,33)/p+1/t12-/m0/s1. The maximum absolute atomic E-state index is 14.3. The van der Waals surface area contributed by atoms with Gasteiger partial charge in [-0.1, -0.05) is 11.2 Å². The van der Waals surface area contributed by atoms with Gasteiger partial charge >= 0.3 is 23.8 Å². The number of hydrogen-bond donors (Lipinski definition) is 3. The molecule has 0 aliphatic rings. The third kappa shape index (κ3) is 7.01. The van der Waals surface area contributed by atoms with E-state index in [2.05, 4.69) is 20.2 Å². The monoisotopic (exact) mass is 503 g/mol. The zero-order valence-corrected chi connectivity index (χ0v) is 19.1. The van der Waals surface area contributed by atoms with Gasteiger partial charge in [-0.3, -0.25) is 9.59 Å². The van der Waals surface area contributed by atoms with Crippen molar-refractivity contribution in [2.75, 3.05) is 11.9 Å². The van der Waals surface area contributed by atoms with Crippen molar-refractivity contribution in [3.63, 3.8) is 0 Å². The normalized spacial score (nSPS) is 12.0. The number of benzene rings is 1. The number of alkyl carbamates (subject to hydrolysis) is 1. The molecule has 1 atom stereocenters. The van der Waals surface area contributed by atoms with Crippen LogP contribution in [0, 0.1) is 19.7 Å². The second-order valence-electron chi connectivity index (χ2n) is 7.38. The Kier molecular flexibility index (Phi) is 8.55. The van der Waals surface area contributed by atoms with Gasteiger partial charge < -0.3 is 15.4 Å². The van der Waals surface area contributed by atoms with Crippen molar-refractivity contribution in [1.82, 2.24) is 10.4 Å². The number of H-pyrrole nitrogens is 1. The number of halogens is 4. The molecule has 0 unspecified atom stereocenters. The van der Waals surface area contributed by atoms with Crippen LogP contribution in [0.1, 0.15) is 36.2 Å². The molecule has 10 nitrogen and oxygen atoms in total. The van der Waals surface area contributed by atoms with E-state index in [9.17, 15) is 36.7 Å². The fourth-order valence-corrected chi connectivity index (χ4v) is 2.83. The fourth-order valence-electron chi connectivity index (χ4n) is 2.83. The summed E-state index contributed by atoms with van der Waals surface area (Å²) in [4.78, 5) is 51.7. The number of alkyl halides is 3. The molecule has 2 amide bonds. The Morgan fingerprint density at radius 2 is 1.83 bits per heavy atom. The maximum atomic E-state index is 14.3. The highest BCUT2D eigenvalue weighted by atomic mass is 19.4. The molecule has 190 valence electrons. The van der Waals surface area contributed by atoms with E-state index in [1.54, 1.807) is 6.92 Å². The molecule has 0 saturated heterocycles. The molecular formula is C21H23F4N4O6+. The summed E-state index contributed by atoms with van der Waals surface area (Å²) in [5.74, 6) is -4.15. The molecule has 1 aromatic heterocycles. The first-order chi connectivity index (χ1) is 16.2. The van der Waals surface area contributed by atoms with Crippen molar-refractivity contribution in [3.8, 4) is 0 Å². The van der Waals surface area contributed by atoms with Crippen LogP contribution in [0.4, 0.5) is 28.0 Å². The van der Waals surface area contributed by atoms with E-state index in [1.807, 2.05) is 5.10 Å². The topological polar surface area (TPSA) is 130 Å². The van der Waals surface area contributed by atoms with Gasteiger partial charge in [0, 0.05) is 11.1 Å². The van der Waals surface area contributed by atoms with Crippen LogP contribution in [0.25, 0.3) is 0 Å². The molecule has 2 aromatic rings. The van der Waals surface area contributed by atoms with Gasteiger partial charge in [-0.25, -0.2) is 14.0 Å². The predicted molar refractivity (Wildman–Crippen MR) is 112 cm³/mol. The quantitative estimate of drug-likeness (QED) is 0.389. The second-order valence-corrected chi connectivity index (χ2v) is 7.38. The van der Waals surface area contributed by atoms with E-state index < -0.39 is 41.6 Å². The van der Waals surface area contributed by atoms with E-state index in [1.165, 1.54) is 32.9 Å². The molecule has 0 saturated carbocycles. The fraction of sp³-hybridized carbons (Fsp3) is 0.381. The van der Waals surface area contributed by atoms with E-state index in [0.717, 1.165) is 6.07 Å². The molecule has 0 aliphatic carbocycles. The number of rotatable bonds is 7. The third-order valence-electron chi connectivity index (χ3n) is 4.85. The van der Waals surface area contributed by atoms with Gasteiger partial charge in [0.15, 0.2) is 0 Å². The van der Waals surface area contributed by atoms with Crippen LogP contribution in [0.3, 0.4) is 0 Å². The molecule has 1 aromatic carbocycles. The number of aromatic amines is 1. The minimum absolute atomic E-state index is 0.0269. The summed E-state index contributed by atoms with van der Waals surface area (Å²) in [6.45, 7) is 5.86. The first kappa shape index (κ1) is 27.3. The number of nitrogens with one attached hydrogen (secondary N) is 3. The van der Waals surface area contributed by atoms with Crippen LogP contribution >= 0.6 is 0 Å². The Hall–Kier alpha value is -3.97. The summed E-state index contributed by atoms with van der Waals surface area (Å²) < 4.78 is 57.0. The van der Waals surface area contributed by atoms with Gasteiger partial charge in [0.05, 0.1) is 18.7 Å². The van der Waals surface area contributed by atoms with Gasteiger partial charge in [-0.05, 0) is 45.4 Å². The summed E-state index contributed by atoms with van der Waals surface area (Å²) in [7, 11) is 0. The third-order valence-corrected chi connectivity index (χ3v) is 4.85. The lowest BCUT2D eigenvalue weighted by molar-refractivity contribution is -0.921. The van der Waals surface area contributed by atoms with Crippen molar-refractivity contribution in [2.24, 2.45) is 0 Å². The average Bonchev–Trinajstić information content (AvgIpc) is 2.76. The van der Waals surface area contributed by atoms with Crippen molar-refractivity contribution in [3.05, 3.63) is 56.8 Å². The maximum Gasteiger partial charge on any atom is 0.498 e. The number of carbonyl (C=O) groups is 3. The summed E-state index contributed by atoms with van der Waals surface area (Å²) in [5, 5.41) is 6.59. The molecule has 3 N–H and O–H groups in total. The zero-order valence-electron chi connectivity index (χ0n) is 19.1. The number of aromatic nitrogens is 2. The van der Waals surface area contributed by atoms with E-state index >= 15 is 0 Å². The summed E-state index contributed by atoms with van der Waals surface area (Å²) in [6, 6.07) is 2.43. The van der Waals surface area contributed by atoms with Crippen LogP contribution in [-0.2, 0) is 20.7 Å². The molecule has 0 bridgehead atoms. The molecule has 2 rings (SSSR count). The first-order valence-electron chi connectivity index (χ1n) is 10.2. The first-order valence-corrected chi connectivity index (χ1v) is 10.2. The van der Waals surface area contributed by atoms with Gasteiger partial charge in [0.25, 0.3) is 5.69 Å². The molecular weight excluding hydrogens is 480 g/mol. The number of ether oxygens (including phenoxy) is 1. The zero-order chi connectivity index (χ0) is 26.5. The lowest BCUT2D eigenvalue weighted by Crippen LogP contribution is -2.58. The predicted octanol–water partition coefficient (Wildman–Crippen LogP) is 1.60. The summed E-state index contributed by atoms with van der Waals surface area (Å²) >= 11 is 0. The largest absolute Gasteiger partial charge is 0.498 e. The van der Waals surface area contributed by atoms with Crippen molar-refractivity contribution < 1.29 is 46.4 Å². The Morgan fingerprint density at radius 3 is 2.43 bits per heavy atom. The molecule has 14 heteroatoms. The minimum atomic E-state index is -5.32. The number of anilines is 1. The van der Waals surface area contributed by atoms with Gasteiger partial charge in [0.1, 0.15) is 16.7 Å². The summed E-state index contributed by atoms with van der Waals surface area (Å²) in [6.07, 6.45) is -6.37. The Bertz CT molecular complexity index is 1200. The van der Waals surface area contributed by atoms with Crippen molar-refractivity contribution in [2.45, 2.75) is 46.3 Å². The highest BCUT2D eigenvalue weighted by Crippen LogP contribution is 2.20. The van der Waals surface area contributed by atoms with E-state index in [0.29, 0.717) is 10.4 Å². The Morgan fingerprint density at radius 1 is 1.17 bits per heavy atom. The molecule has 0 aliphatic heterocycles. The van der Waals surface area contributed by atoms with Gasteiger partial charge in [-0.15, -0.1) is 0 Å². The van der Waals surface area contributed by atoms with Gasteiger partial charge in [0.2, 0.25) is 5.91 Å². The Labute approximate surface area is 196 Å². The van der Waals surface area contributed by atoms with Crippen molar-refractivity contribution >= 4 is 23.7 Å². The van der Waals surface area contributed by atoms with Crippen molar-refractivity contribution in [1.29, 1.82) is 0 Å². The number of nitrogens with zero attached hydrogens (tertiary/aromatic N) is 1. The molecule has 35 heavy (non-hydrogen) atoms. The minimum Gasteiger partial charge on any atom is -0.450 e. The molecule has 0 spiro atoms. The molecule has 0 fully saturated rings.